The zero-order valence-electron chi connectivity index (χ0n) is 23.4. The monoisotopic (exact) mass is 588 g/mol. The molecule has 4 rings (SSSR count). The standard InChI is InChI=1S/C30H40N4O4S.ClH/c1-3-4-20-34(27-8-6-5-7-9-27)30(35)31-25-18-21-33(22-19-25)23-24-10-14-28(15-11-24)38-29-16-12-26(13-17-29)32-39(2,36)37;/h10-17,25,27,32H,5-9,18-23H2,1-2H3,(H,31,35);1H. The van der Waals surface area contributed by atoms with Crippen LogP contribution in [0.15, 0.2) is 48.5 Å². The molecule has 2 fully saturated rings. The lowest BCUT2D eigenvalue weighted by atomic mass is 9.94. The number of carbonyl (C=O) groups excluding carboxylic acids is 1. The molecule has 0 radical (unpaired) electrons. The molecule has 0 spiro atoms. The van der Waals surface area contributed by atoms with Gasteiger partial charge in [-0.15, -0.1) is 18.3 Å². The van der Waals surface area contributed by atoms with Crippen LogP contribution >= 0.6 is 12.4 Å². The second-order valence-corrected chi connectivity index (χ2v) is 12.2. The zero-order valence-corrected chi connectivity index (χ0v) is 25.0. The Kier molecular flexibility index (Phi) is 12.0. The number of urea groups is 1. The molecule has 2 aliphatic rings. The third kappa shape index (κ3) is 9.92. The molecule has 1 aliphatic heterocycles. The van der Waals surface area contributed by atoms with Crippen molar-refractivity contribution < 1.29 is 17.9 Å². The number of hydrogen-bond acceptors (Lipinski definition) is 5. The number of carbonyl (C=O) groups is 1. The van der Waals surface area contributed by atoms with Gasteiger partial charge in [0.25, 0.3) is 0 Å². The molecule has 40 heavy (non-hydrogen) atoms. The van der Waals surface area contributed by atoms with Crippen LogP contribution < -0.4 is 14.8 Å². The van der Waals surface area contributed by atoms with E-state index in [1.54, 1.807) is 24.3 Å². The maximum atomic E-state index is 13.1. The highest BCUT2D eigenvalue weighted by molar-refractivity contribution is 7.92. The predicted molar refractivity (Wildman–Crippen MR) is 163 cm³/mol. The molecule has 1 saturated carbocycles. The molecule has 2 N–H and O–H groups in total. The number of amides is 2. The fourth-order valence-electron chi connectivity index (χ4n) is 5.28. The van der Waals surface area contributed by atoms with E-state index >= 15 is 0 Å². The lowest BCUT2D eigenvalue weighted by Gasteiger charge is -2.36. The third-order valence-electron chi connectivity index (χ3n) is 7.34. The Labute approximate surface area is 245 Å². The Balaban J connectivity index is 0.00000441. The van der Waals surface area contributed by atoms with E-state index in [0.717, 1.165) is 57.3 Å². The topological polar surface area (TPSA) is 91.0 Å². The minimum atomic E-state index is -3.31. The van der Waals surface area contributed by atoms with Crippen molar-refractivity contribution in [3.8, 4) is 23.3 Å². The second kappa shape index (κ2) is 15.2. The average Bonchev–Trinajstić information content (AvgIpc) is 2.92. The maximum absolute atomic E-state index is 13.1. The number of anilines is 1. The summed E-state index contributed by atoms with van der Waals surface area (Å²) in [5, 5.41) is 3.30. The molecule has 1 aliphatic carbocycles. The number of benzene rings is 2. The lowest BCUT2D eigenvalue weighted by molar-refractivity contribution is 0.149. The number of piperidine rings is 1. The van der Waals surface area contributed by atoms with E-state index in [1.165, 1.54) is 24.8 Å². The van der Waals surface area contributed by atoms with Crippen LogP contribution in [0.2, 0.25) is 0 Å². The molecule has 0 aromatic heterocycles. The smallest absolute Gasteiger partial charge is 0.318 e. The molecule has 2 aromatic rings. The molecule has 10 heteroatoms. The number of nitrogens with one attached hydrogen (secondary N) is 2. The fourth-order valence-corrected chi connectivity index (χ4v) is 5.84. The van der Waals surface area contributed by atoms with Crippen molar-refractivity contribution in [2.45, 2.75) is 70.5 Å². The van der Waals surface area contributed by atoms with Crippen LogP contribution in [0.3, 0.4) is 0 Å². The van der Waals surface area contributed by atoms with Gasteiger partial charge in [0.2, 0.25) is 10.0 Å². The van der Waals surface area contributed by atoms with E-state index in [1.807, 2.05) is 24.0 Å². The summed E-state index contributed by atoms with van der Waals surface area (Å²) in [6.45, 7) is 5.07. The molecule has 2 aromatic carbocycles. The fraction of sp³-hybridized carbons (Fsp3) is 0.500. The summed E-state index contributed by atoms with van der Waals surface area (Å²) < 4.78 is 31.0. The van der Waals surface area contributed by atoms with E-state index in [-0.39, 0.29) is 24.5 Å². The summed E-state index contributed by atoms with van der Waals surface area (Å²) in [5.74, 6) is 7.40. The van der Waals surface area contributed by atoms with Crippen LogP contribution in [0.25, 0.3) is 0 Å². The first-order chi connectivity index (χ1) is 18.8. The van der Waals surface area contributed by atoms with Crippen molar-refractivity contribution in [1.82, 2.24) is 15.1 Å². The first-order valence-corrected chi connectivity index (χ1v) is 15.7. The number of sulfonamides is 1. The van der Waals surface area contributed by atoms with Crippen molar-refractivity contribution in [3.05, 3.63) is 54.1 Å². The van der Waals surface area contributed by atoms with Crippen LogP contribution in [-0.4, -0.2) is 62.2 Å². The van der Waals surface area contributed by atoms with Gasteiger partial charge in [0.15, 0.2) is 0 Å². The number of rotatable bonds is 9. The second-order valence-electron chi connectivity index (χ2n) is 10.5. The minimum Gasteiger partial charge on any atom is -0.457 e. The highest BCUT2D eigenvalue weighted by atomic mass is 35.5. The Morgan fingerprint density at radius 3 is 2.15 bits per heavy atom. The number of ether oxygens (including phenoxy) is 1. The summed E-state index contributed by atoms with van der Waals surface area (Å²) in [7, 11) is -3.31. The van der Waals surface area contributed by atoms with Crippen LogP contribution in [-0.2, 0) is 16.6 Å². The van der Waals surface area contributed by atoms with Crippen molar-refractivity contribution >= 4 is 34.1 Å². The number of nitrogens with zero attached hydrogens (tertiary/aromatic N) is 2. The van der Waals surface area contributed by atoms with Gasteiger partial charge in [-0.3, -0.25) is 9.62 Å². The summed E-state index contributed by atoms with van der Waals surface area (Å²) in [5.41, 5.74) is 1.70. The van der Waals surface area contributed by atoms with Gasteiger partial charge >= 0.3 is 6.03 Å². The first-order valence-electron chi connectivity index (χ1n) is 13.8. The van der Waals surface area contributed by atoms with Crippen molar-refractivity contribution in [3.63, 3.8) is 0 Å². The van der Waals surface area contributed by atoms with Gasteiger partial charge in [-0.25, -0.2) is 13.2 Å². The Morgan fingerprint density at radius 2 is 1.57 bits per heavy atom. The Hall–Kier alpha value is -2.93. The highest BCUT2D eigenvalue weighted by Gasteiger charge is 2.28. The summed E-state index contributed by atoms with van der Waals surface area (Å²) >= 11 is 0. The summed E-state index contributed by atoms with van der Waals surface area (Å²) in [4.78, 5) is 17.5. The molecule has 218 valence electrons. The maximum Gasteiger partial charge on any atom is 0.318 e. The van der Waals surface area contributed by atoms with E-state index in [4.69, 9.17) is 4.74 Å². The van der Waals surface area contributed by atoms with Crippen LogP contribution in [0.5, 0.6) is 11.5 Å². The third-order valence-corrected chi connectivity index (χ3v) is 7.95. The van der Waals surface area contributed by atoms with Gasteiger partial charge in [0.05, 0.1) is 12.8 Å². The van der Waals surface area contributed by atoms with Gasteiger partial charge in [-0.2, -0.15) is 0 Å². The number of likely N-dealkylation sites (tertiary alicyclic amines) is 1. The van der Waals surface area contributed by atoms with Crippen molar-refractivity contribution in [2.75, 3.05) is 30.6 Å². The molecule has 0 bridgehead atoms. The van der Waals surface area contributed by atoms with Crippen LogP contribution in [0, 0.1) is 11.8 Å². The quantitative estimate of drug-likeness (QED) is 0.372. The van der Waals surface area contributed by atoms with Crippen LogP contribution in [0.4, 0.5) is 10.5 Å². The molecular formula is C30H41ClN4O4S. The van der Waals surface area contributed by atoms with Gasteiger partial charge in [-0.1, -0.05) is 37.3 Å². The largest absolute Gasteiger partial charge is 0.457 e. The molecule has 1 heterocycles. The van der Waals surface area contributed by atoms with Gasteiger partial charge in [0.1, 0.15) is 11.5 Å². The average molecular weight is 589 g/mol. The minimum absolute atomic E-state index is 0. The molecule has 2 amide bonds. The Bertz CT molecular complexity index is 1250. The lowest BCUT2D eigenvalue weighted by Crippen LogP contribution is -2.52. The molecular weight excluding hydrogens is 548 g/mol. The highest BCUT2D eigenvalue weighted by Crippen LogP contribution is 2.25. The normalized spacial score (nSPS) is 16.6. The predicted octanol–water partition coefficient (Wildman–Crippen LogP) is 5.60. The van der Waals surface area contributed by atoms with Gasteiger partial charge < -0.3 is 15.0 Å². The van der Waals surface area contributed by atoms with Gasteiger partial charge in [-0.05, 0) is 74.6 Å². The summed E-state index contributed by atoms with van der Waals surface area (Å²) in [6.07, 6.45) is 8.81. The van der Waals surface area contributed by atoms with Crippen LogP contribution in [0.1, 0.15) is 57.4 Å². The van der Waals surface area contributed by atoms with E-state index < -0.39 is 10.0 Å². The van der Waals surface area contributed by atoms with Gasteiger partial charge in [0, 0.05) is 37.4 Å². The number of halogens is 1. The van der Waals surface area contributed by atoms with E-state index in [2.05, 4.69) is 38.9 Å². The molecule has 0 unspecified atom stereocenters. The van der Waals surface area contributed by atoms with Crippen molar-refractivity contribution in [1.29, 1.82) is 0 Å². The first kappa shape index (κ1) is 31.6. The molecule has 1 saturated heterocycles. The molecule has 0 atom stereocenters. The number of hydrogen-bond donors (Lipinski definition) is 2. The summed E-state index contributed by atoms with van der Waals surface area (Å²) in [6, 6.07) is 15.4. The zero-order chi connectivity index (χ0) is 27.7. The van der Waals surface area contributed by atoms with Crippen molar-refractivity contribution in [2.24, 2.45) is 0 Å². The van der Waals surface area contributed by atoms with E-state index in [0.29, 0.717) is 24.0 Å². The SMILES string of the molecule is CC#CCN(C(=O)NC1CCN(Cc2ccc(Oc3ccc(NS(C)(=O)=O)cc3)cc2)CC1)C1CCCCC1.Cl. The van der Waals surface area contributed by atoms with E-state index in [9.17, 15) is 13.2 Å². The molecule has 8 nitrogen and oxygen atoms in total. The Morgan fingerprint density at radius 1 is 0.975 bits per heavy atom.